The van der Waals surface area contributed by atoms with Gasteiger partial charge >= 0.3 is 11.9 Å². The maximum Gasteiger partial charge on any atom is 0.348 e. The molecule has 0 bridgehead atoms. The molecule has 2 N–H and O–H groups in total. The van der Waals surface area contributed by atoms with Gasteiger partial charge in [0.2, 0.25) is 0 Å². The number of carboxylic acids is 1. The Balaban J connectivity index is 3.40. The quantitative estimate of drug-likeness (QED) is 0.362. The summed E-state index contributed by atoms with van der Waals surface area (Å²) in [7, 11) is 0. The van der Waals surface area contributed by atoms with Gasteiger partial charge in [0.05, 0.1) is 0 Å². The van der Waals surface area contributed by atoms with Crippen molar-refractivity contribution in [3.8, 4) is 0 Å². The first-order chi connectivity index (χ1) is 7.06. The highest BCUT2D eigenvalue weighted by molar-refractivity contribution is 5.80. The zero-order valence-corrected chi connectivity index (χ0v) is 8.86. The van der Waals surface area contributed by atoms with E-state index in [1.54, 1.807) is 0 Å². The SMILES string of the molecule is C=CC(=O)ONC(C)CCCCC(=O)O. The molecule has 86 valence electrons. The number of carbonyl (C=O) groups is 2. The summed E-state index contributed by atoms with van der Waals surface area (Å²) in [5, 5.41) is 8.39. The number of hydrogen-bond donors (Lipinski definition) is 2. The lowest BCUT2D eigenvalue weighted by Gasteiger charge is -2.11. The van der Waals surface area contributed by atoms with E-state index in [0.29, 0.717) is 6.42 Å². The van der Waals surface area contributed by atoms with E-state index >= 15 is 0 Å². The van der Waals surface area contributed by atoms with Gasteiger partial charge in [0.1, 0.15) is 0 Å². The Morgan fingerprint density at radius 3 is 2.73 bits per heavy atom. The lowest BCUT2D eigenvalue weighted by atomic mass is 10.1. The van der Waals surface area contributed by atoms with Gasteiger partial charge in [-0.05, 0) is 19.8 Å². The van der Waals surface area contributed by atoms with Crippen LogP contribution < -0.4 is 5.48 Å². The average molecular weight is 215 g/mol. The first-order valence-electron chi connectivity index (χ1n) is 4.86. The number of nitrogens with one attached hydrogen (secondary N) is 1. The second-order valence-electron chi connectivity index (χ2n) is 3.28. The van der Waals surface area contributed by atoms with Crippen LogP contribution in [-0.4, -0.2) is 23.1 Å². The van der Waals surface area contributed by atoms with Crippen LogP contribution in [0.5, 0.6) is 0 Å². The van der Waals surface area contributed by atoms with E-state index in [2.05, 4.69) is 16.9 Å². The molecule has 0 saturated heterocycles. The molecule has 0 aliphatic rings. The van der Waals surface area contributed by atoms with Crippen LogP contribution in [0.3, 0.4) is 0 Å². The number of unbranched alkanes of at least 4 members (excludes halogenated alkanes) is 1. The zero-order valence-electron chi connectivity index (χ0n) is 8.86. The van der Waals surface area contributed by atoms with Crippen molar-refractivity contribution < 1.29 is 19.5 Å². The molecule has 0 aromatic heterocycles. The molecule has 0 aromatic carbocycles. The summed E-state index contributed by atoms with van der Waals surface area (Å²) < 4.78 is 0. The van der Waals surface area contributed by atoms with Gasteiger partial charge in [-0.25, -0.2) is 4.79 Å². The highest BCUT2D eigenvalue weighted by Crippen LogP contribution is 2.03. The van der Waals surface area contributed by atoms with Gasteiger partial charge in [-0.15, -0.1) is 0 Å². The molecule has 0 saturated carbocycles. The Morgan fingerprint density at radius 2 is 2.20 bits per heavy atom. The second-order valence-corrected chi connectivity index (χ2v) is 3.28. The average Bonchev–Trinajstić information content (AvgIpc) is 2.20. The summed E-state index contributed by atoms with van der Waals surface area (Å²) in [4.78, 5) is 25.5. The van der Waals surface area contributed by atoms with E-state index in [1.807, 2.05) is 6.92 Å². The molecule has 1 atom stereocenters. The zero-order chi connectivity index (χ0) is 11.7. The van der Waals surface area contributed by atoms with Gasteiger partial charge in [-0.2, -0.15) is 5.48 Å². The molecule has 0 aliphatic heterocycles. The van der Waals surface area contributed by atoms with E-state index in [9.17, 15) is 9.59 Å². The number of carbonyl (C=O) groups excluding carboxylic acids is 1. The Morgan fingerprint density at radius 1 is 1.53 bits per heavy atom. The Kier molecular flexibility index (Phi) is 7.27. The predicted octanol–water partition coefficient (Wildman–Crippen LogP) is 1.25. The third-order valence-electron chi connectivity index (χ3n) is 1.81. The van der Waals surface area contributed by atoms with Gasteiger partial charge in [0.25, 0.3) is 0 Å². The topological polar surface area (TPSA) is 75.6 Å². The Bertz CT molecular complexity index is 227. The summed E-state index contributed by atoms with van der Waals surface area (Å²) in [6.07, 6.45) is 3.43. The molecule has 0 aromatic rings. The fourth-order valence-corrected chi connectivity index (χ4v) is 0.986. The van der Waals surface area contributed by atoms with Gasteiger partial charge < -0.3 is 9.94 Å². The van der Waals surface area contributed by atoms with E-state index in [-0.39, 0.29) is 12.5 Å². The summed E-state index contributed by atoms with van der Waals surface area (Å²) in [6.45, 7) is 5.11. The largest absolute Gasteiger partial charge is 0.481 e. The van der Waals surface area contributed by atoms with Crippen molar-refractivity contribution in [1.82, 2.24) is 5.48 Å². The van der Waals surface area contributed by atoms with E-state index in [1.165, 1.54) is 0 Å². The predicted molar refractivity (Wildman–Crippen MR) is 55.0 cm³/mol. The van der Waals surface area contributed by atoms with E-state index in [0.717, 1.165) is 18.9 Å². The van der Waals surface area contributed by atoms with E-state index in [4.69, 9.17) is 5.11 Å². The molecule has 1 unspecified atom stereocenters. The smallest absolute Gasteiger partial charge is 0.348 e. The maximum absolute atomic E-state index is 10.7. The summed E-state index contributed by atoms with van der Waals surface area (Å²) in [5.74, 6) is -1.30. The van der Waals surface area contributed by atoms with Gasteiger partial charge in [0.15, 0.2) is 0 Å². The van der Waals surface area contributed by atoms with Crippen LogP contribution in [-0.2, 0) is 14.4 Å². The van der Waals surface area contributed by atoms with Crippen molar-refractivity contribution in [1.29, 1.82) is 0 Å². The molecule has 5 nitrogen and oxygen atoms in total. The Labute approximate surface area is 89.1 Å². The molecule has 5 heteroatoms. The van der Waals surface area contributed by atoms with Gasteiger partial charge in [-0.1, -0.05) is 13.0 Å². The number of carboxylic acid groups (broad SMARTS) is 1. The van der Waals surface area contributed by atoms with Crippen LogP contribution in [0.2, 0.25) is 0 Å². The van der Waals surface area contributed by atoms with Crippen molar-refractivity contribution in [3.63, 3.8) is 0 Å². The molecule has 0 fully saturated rings. The fraction of sp³-hybridized carbons (Fsp3) is 0.600. The molecule has 0 heterocycles. The second kappa shape index (κ2) is 7.99. The third kappa shape index (κ3) is 8.96. The monoisotopic (exact) mass is 215 g/mol. The Hall–Kier alpha value is -1.36. The van der Waals surface area contributed by atoms with Gasteiger partial charge in [0, 0.05) is 18.5 Å². The van der Waals surface area contributed by atoms with Crippen molar-refractivity contribution in [3.05, 3.63) is 12.7 Å². The van der Waals surface area contributed by atoms with Crippen molar-refractivity contribution in [2.24, 2.45) is 0 Å². The highest BCUT2D eigenvalue weighted by Gasteiger charge is 2.04. The minimum atomic E-state index is -0.784. The molecule has 0 aliphatic carbocycles. The minimum absolute atomic E-state index is 0.0164. The lowest BCUT2D eigenvalue weighted by molar-refractivity contribution is -0.146. The molecule has 0 spiro atoms. The fourth-order valence-electron chi connectivity index (χ4n) is 0.986. The first kappa shape index (κ1) is 13.6. The van der Waals surface area contributed by atoms with Crippen LogP contribution in [0.15, 0.2) is 12.7 Å². The summed E-state index contributed by atoms with van der Waals surface area (Å²) >= 11 is 0. The van der Waals surface area contributed by atoms with Crippen molar-refractivity contribution in [2.75, 3.05) is 0 Å². The lowest BCUT2D eigenvalue weighted by Crippen LogP contribution is -2.28. The summed E-state index contributed by atoms with van der Waals surface area (Å²) in [6, 6.07) is 0.0164. The van der Waals surface area contributed by atoms with Crippen LogP contribution in [0.4, 0.5) is 0 Å². The maximum atomic E-state index is 10.7. The normalized spacial score (nSPS) is 11.8. The molecule has 0 amide bonds. The van der Waals surface area contributed by atoms with Crippen LogP contribution in [0.25, 0.3) is 0 Å². The standard InChI is InChI=1S/C10H17NO4/c1-3-10(14)15-11-8(2)6-4-5-7-9(12)13/h3,8,11H,1,4-7H2,2H3,(H,12,13). The highest BCUT2D eigenvalue weighted by atomic mass is 16.7. The number of aliphatic carboxylic acids is 1. The van der Waals surface area contributed by atoms with E-state index < -0.39 is 11.9 Å². The summed E-state index contributed by atoms with van der Waals surface area (Å²) in [5.41, 5.74) is 2.55. The molecular weight excluding hydrogens is 198 g/mol. The molecule has 15 heavy (non-hydrogen) atoms. The number of hydrogen-bond acceptors (Lipinski definition) is 4. The molecular formula is C10H17NO4. The number of hydroxylamine groups is 1. The van der Waals surface area contributed by atoms with Crippen molar-refractivity contribution in [2.45, 2.75) is 38.6 Å². The minimum Gasteiger partial charge on any atom is -0.481 e. The van der Waals surface area contributed by atoms with Gasteiger partial charge in [-0.3, -0.25) is 4.79 Å². The van der Waals surface area contributed by atoms with Crippen LogP contribution in [0.1, 0.15) is 32.6 Å². The molecule has 0 radical (unpaired) electrons. The first-order valence-corrected chi connectivity index (χ1v) is 4.86. The van der Waals surface area contributed by atoms with Crippen LogP contribution in [0, 0.1) is 0 Å². The third-order valence-corrected chi connectivity index (χ3v) is 1.81. The number of rotatable bonds is 8. The van der Waals surface area contributed by atoms with Crippen molar-refractivity contribution >= 4 is 11.9 Å². The van der Waals surface area contributed by atoms with Crippen LogP contribution >= 0.6 is 0 Å². The molecule has 0 rings (SSSR count).